The van der Waals surface area contributed by atoms with Crippen molar-refractivity contribution in [2.75, 3.05) is 44.4 Å². The first-order chi connectivity index (χ1) is 16.7. The Morgan fingerprint density at radius 3 is 2.76 bits per heavy atom. The van der Waals surface area contributed by atoms with Gasteiger partial charge in [0.25, 0.3) is 0 Å². The van der Waals surface area contributed by atoms with Crippen molar-refractivity contribution < 1.29 is 9.53 Å². The highest BCUT2D eigenvalue weighted by Crippen LogP contribution is 2.33. The zero-order valence-electron chi connectivity index (χ0n) is 19.2. The third-order valence-electron chi connectivity index (χ3n) is 6.50. The molecular weight excluding hydrogens is 464 g/mol. The molecule has 0 spiro atoms. The van der Waals surface area contributed by atoms with Gasteiger partial charge >= 0.3 is 0 Å². The van der Waals surface area contributed by atoms with E-state index in [-0.39, 0.29) is 11.4 Å². The van der Waals surface area contributed by atoms with Crippen molar-refractivity contribution in [2.45, 2.75) is 18.5 Å². The smallest absolute Gasteiger partial charge is 0.244 e. The maximum Gasteiger partial charge on any atom is 0.244 e. The molecule has 1 unspecified atom stereocenters. The Balaban J connectivity index is 1.28. The van der Waals surface area contributed by atoms with E-state index in [1.807, 2.05) is 53.0 Å². The normalized spacial score (nSPS) is 21.3. The molecule has 2 saturated heterocycles. The van der Waals surface area contributed by atoms with Gasteiger partial charge in [-0.25, -0.2) is 0 Å². The molecule has 4 heterocycles. The molecule has 2 fully saturated rings. The van der Waals surface area contributed by atoms with Crippen molar-refractivity contribution in [3.8, 4) is 10.6 Å². The molecule has 8 heteroatoms. The van der Waals surface area contributed by atoms with Gasteiger partial charge < -0.3 is 10.1 Å². The van der Waals surface area contributed by atoms with Gasteiger partial charge in [0.15, 0.2) is 0 Å². The average Bonchev–Trinajstić information content (AvgIpc) is 3.64. The van der Waals surface area contributed by atoms with Crippen LogP contribution in [0.4, 0.5) is 0 Å². The average molecular weight is 495 g/mol. The summed E-state index contributed by atoms with van der Waals surface area (Å²) in [6, 6.07) is 14.4. The summed E-state index contributed by atoms with van der Waals surface area (Å²) in [7, 11) is 0. The molecule has 178 valence electrons. The van der Waals surface area contributed by atoms with Crippen LogP contribution < -0.4 is 5.32 Å². The molecule has 2 aliphatic heterocycles. The summed E-state index contributed by atoms with van der Waals surface area (Å²) in [6.07, 6.45) is 6.67. The van der Waals surface area contributed by atoms with E-state index in [0.717, 1.165) is 60.4 Å². The van der Waals surface area contributed by atoms with Gasteiger partial charge in [-0.2, -0.15) is 16.9 Å². The number of carbonyl (C=O) groups excluding carboxylic acids is 1. The Morgan fingerprint density at radius 2 is 2.03 bits per heavy atom. The van der Waals surface area contributed by atoms with Crippen LogP contribution in [0, 0.1) is 0 Å². The molecule has 1 aromatic carbocycles. The quantitative estimate of drug-likeness (QED) is 0.480. The number of aromatic nitrogens is 2. The van der Waals surface area contributed by atoms with Crippen molar-refractivity contribution >= 4 is 35.1 Å². The second-order valence-electron chi connectivity index (χ2n) is 8.77. The van der Waals surface area contributed by atoms with Crippen LogP contribution in [0.15, 0.2) is 60.1 Å². The lowest BCUT2D eigenvalue weighted by Gasteiger charge is -2.42. The van der Waals surface area contributed by atoms with E-state index in [1.54, 1.807) is 17.4 Å². The van der Waals surface area contributed by atoms with Crippen molar-refractivity contribution in [1.82, 2.24) is 20.0 Å². The number of thiophene rings is 1. The summed E-state index contributed by atoms with van der Waals surface area (Å²) in [4.78, 5) is 16.4. The minimum atomic E-state index is -0.0579. The first-order valence-electron chi connectivity index (χ1n) is 11.7. The molecular formula is C26H30N4O2S2. The Hall–Kier alpha value is -2.39. The minimum absolute atomic E-state index is 0.0423. The molecule has 2 aliphatic rings. The zero-order chi connectivity index (χ0) is 23.2. The third kappa shape index (κ3) is 5.46. The molecule has 0 bridgehead atoms. The molecule has 34 heavy (non-hydrogen) atoms. The van der Waals surface area contributed by atoms with Gasteiger partial charge in [-0.15, -0.1) is 11.3 Å². The fourth-order valence-electron chi connectivity index (χ4n) is 4.63. The molecule has 2 aromatic heterocycles. The molecule has 6 nitrogen and oxygen atoms in total. The van der Waals surface area contributed by atoms with E-state index in [0.29, 0.717) is 13.1 Å². The molecule has 1 amide bonds. The second kappa shape index (κ2) is 10.9. The number of nitrogens with zero attached hydrogens (tertiary/aromatic N) is 3. The summed E-state index contributed by atoms with van der Waals surface area (Å²) < 4.78 is 7.49. The summed E-state index contributed by atoms with van der Waals surface area (Å²) in [5, 5.41) is 10.1. The number of rotatable bonds is 8. The predicted octanol–water partition coefficient (Wildman–Crippen LogP) is 4.00. The molecule has 0 aliphatic carbocycles. The maximum atomic E-state index is 12.8. The summed E-state index contributed by atoms with van der Waals surface area (Å²) in [5.74, 6) is 2.15. The van der Waals surface area contributed by atoms with Crippen LogP contribution in [-0.4, -0.2) is 70.5 Å². The molecule has 1 N–H and O–H groups in total. The van der Waals surface area contributed by atoms with Gasteiger partial charge in [0.1, 0.15) is 5.69 Å². The van der Waals surface area contributed by atoms with E-state index >= 15 is 0 Å². The van der Waals surface area contributed by atoms with Gasteiger partial charge in [-0.05, 0) is 35.3 Å². The van der Waals surface area contributed by atoms with Crippen molar-refractivity contribution in [3.63, 3.8) is 0 Å². The van der Waals surface area contributed by atoms with E-state index in [2.05, 4.69) is 33.8 Å². The van der Waals surface area contributed by atoms with Gasteiger partial charge in [0.2, 0.25) is 5.91 Å². The third-order valence-corrected chi connectivity index (χ3v) is 8.61. The zero-order valence-corrected chi connectivity index (χ0v) is 20.8. The van der Waals surface area contributed by atoms with Crippen molar-refractivity contribution in [1.29, 1.82) is 0 Å². The number of amides is 1. The molecule has 0 saturated carbocycles. The number of nitrogens with one attached hydrogen (secondary N) is 1. The minimum Gasteiger partial charge on any atom is -0.379 e. The van der Waals surface area contributed by atoms with Crippen molar-refractivity contribution in [3.05, 3.63) is 71.2 Å². The fraction of sp³-hybridized carbons (Fsp3) is 0.385. The summed E-state index contributed by atoms with van der Waals surface area (Å²) in [6.45, 7) is 4.80. The van der Waals surface area contributed by atoms with E-state index in [1.165, 1.54) is 5.56 Å². The van der Waals surface area contributed by atoms with Crippen LogP contribution in [0.2, 0.25) is 0 Å². The summed E-state index contributed by atoms with van der Waals surface area (Å²) >= 11 is 3.64. The highest BCUT2D eigenvalue weighted by atomic mass is 32.2. The van der Waals surface area contributed by atoms with Crippen molar-refractivity contribution in [2.24, 2.45) is 0 Å². The van der Waals surface area contributed by atoms with E-state index in [4.69, 9.17) is 9.84 Å². The largest absolute Gasteiger partial charge is 0.379 e. The number of hydrogen-bond acceptors (Lipinski definition) is 6. The van der Waals surface area contributed by atoms with Gasteiger partial charge in [0, 0.05) is 48.8 Å². The highest BCUT2D eigenvalue weighted by Gasteiger charge is 2.40. The molecule has 0 radical (unpaired) electrons. The van der Waals surface area contributed by atoms with Gasteiger partial charge in [-0.1, -0.05) is 36.4 Å². The Morgan fingerprint density at radius 1 is 1.18 bits per heavy atom. The lowest BCUT2D eigenvalue weighted by atomic mass is 9.95. The van der Waals surface area contributed by atoms with Crippen LogP contribution in [0.25, 0.3) is 16.6 Å². The Bertz CT molecular complexity index is 1100. The highest BCUT2D eigenvalue weighted by molar-refractivity contribution is 7.99. The first kappa shape index (κ1) is 23.4. The van der Waals surface area contributed by atoms with Crippen LogP contribution >= 0.6 is 23.1 Å². The van der Waals surface area contributed by atoms with E-state index in [9.17, 15) is 4.79 Å². The lowest BCUT2D eigenvalue weighted by Crippen LogP contribution is -2.59. The molecule has 1 atom stereocenters. The fourth-order valence-corrected chi connectivity index (χ4v) is 6.83. The number of morpholine rings is 1. The van der Waals surface area contributed by atoms with Crippen LogP contribution in [0.1, 0.15) is 17.5 Å². The number of thioether (sulfide) groups is 1. The number of hydrogen-bond donors (Lipinski definition) is 1. The summed E-state index contributed by atoms with van der Waals surface area (Å²) in [5.41, 5.74) is 3.10. The monoisotopic (exact) mass is 494 g/mol. The number of benzene rings is 1. The van der Waals surface area contributed by atoms with Crippen LogP contribution in [0.5, 0.6) is 0 Å². The maximum absolute atomic E-state index is 12.8. The Kier molecular flexibility index (Phi) is 7.49. The second-order valence-corrected chi connectivity index (χ2v) is 10.8. The van der Waals surface area contributed by atoms with Gasteiger partial charge in [-0.3, -0.25) is 14.4 Å². The standard InChI is InChI=1S/C26H30N4O2S2/c31-24(27-19-26(10-16-33-20-26)29-11-13-32-14-12-29)9-8-22-18-30(17-21-5-2-1-3-6-21)28-25(22)23-7-4-15-34-23/h1-9,15,18H,10-14,16-17,19-20H2,(H,27,31). The Labute approximate surface area is 209 Å². The number of ether oxygens (including phenoxy) is 1. The lowest BCUT2D eigenvalue weighted by molar-refractivity contribution is -0.117. The first-order valence-corrected chi connectivity index (χ1v) is 13.8. The van der Waals surface area contributed by atoms with Gasteiger partial charge in [0.05, 0.1) is 24.6 Å². The molecule has 5 rings (SSSR count). The van der Waals surface area contributed by atoms with E-state index < -0.39 is 0 Å². The van der Waals surface area contributed by atoms with Crippen LogP contribution in [0.3, 0.4) is 0 Å². The SMILES string of the molecule is O=C(C=Cc1cn(Cc2ccccc2)nc1-c1cccs1)NCC1(N2CCOCC2)CCSC1. The predicted molar refractivity (Wildman–Crippen MR) is 140 cm³/mol. The van der Waals surface area contributed by atoms with Crippen LogP contribution in [-0.2, 0) is 16.1 Å². The topological polar surface area (TPSA) is 59.4 Å². The molecule has 3 aromatic rings. The number of carbonyl (C=O) groups is 1.